The van der Waals surface area contributed by atoms with E-state index in [2.05, 4.69) is 10.6 Å². The summed E-state index contributed by atoms with van der Waals surface area (Å²) in [5, 5.41) is 26.4. The van der Waals surface area contributed by atoms with Crippen molar-refractivity contribution in [2.45, 2.75) is 38.8 Å². The normalized spacial score (nSPS) is 17.1. The molecule has 0 saturated carbocycles. The van der Waals surface area contributed by atoms with Gasteiger partial charge in [0.2, 0.25) is 0 Å². The summed E-state index contributed by atoms with van der Waals surface area (Å²) in [6.07, 6.45) is 0.758. The van der Waals surface area contributed by atoms with Crippen LogP contribution in [0, 0.1) is 13.8 Å². The number of aromatic hydroxyl groups is 2. The van der Waals surface area contributed by atoms with Gasteiger partial charge in [0.15, 0.2) is 5.78 Å². The summed E-state index contributed by atoms with van der Waals surface area (Å²) in [4.78, 5) is 38.9. The van der Waals surface area contributed by atoms with E-state index in [9.17, 15) is 24.6 Å². The molecular formula is C30H32N2O7. The Morgan fingerprint density at radius 1 is 0.923 bits per heavy atom. The summed E-state index contributed by atoms with van der Waals surface area (Å²) in [7, 11) is 1.47. The number of phenols is 2. The molecule has 0 spiro atoms. The number of hydrogen-bond acceptors (Lipinski definition) is 8. The first-order chi connectivity index (χ1) is 18.7. The second kappa shape index (κ2) is 12.0. The molecule has 1 heterocycles. The Hall–Kier alpha value is -4.37. The summed E-state index contributed by atoms with van der Waals surface area (Å²) in [5.74, 6) is -0.880. The van der Waals surface area contributed by atoms with Gasteiger partial charge in [0.1, 0.15) is 23.4 Å². The molecule has 1 amide bonds. The lowest BCUT2D eigenvalue weighted by molar-refractivity contribution is 0.0192. The Bertz CT molecular complexity index is 1360. The number of amides is 1. The summed E-state index contributed by atoms with van der Waals surface area (Å²) >= 11 is 0. The second-order valence-electron chi connectivity index (χ2n) is 9.62. The van der Waals surface area contributed by atoms with Crippen LogP contribution < -0.4 is 15.4 Å². The average Bonchev–Trinajstić information content (AvgIpc) is 3.16. The van der Waals surface area contributed by atoms with Crippen molar-refractivity contribution < 1.29 is 34.1 Å². The van der Waals surface area contributed by atoms with Crippen LogP contribution in [0.5, 0.6) is 17.2 Å². The number of hydrogen-bond donors (Lipinski definition) is 4. The van der Waals surface area contributed by atoms with Gasteiger partial charge >= 0.3 is 5.97 Å². The zero-order chi connectivity index (χ0) is 28.1. The molecule has 1 saturated heterocycles. The number of phenolic OH excluding ortho intramolecular Hbond substituents is 2. The van der Waals surface area contributed by atoms with Gasteiger partial charge < -0.3 is 30.3 Å². The van der Waals surface area contributed by atoms with Gasteiger partial charge in [-0.1, -0.05) is 12.1 Å². The van der Waals surface area contributed by atoms with E-state index in [1.165, 1.54) is 43.5 Å². The van der Waals surface area contributed by atoms with Crippen LogP contribution in [0.1, 0.15) is 60.6 Å². The SMILES string of the molecule is COc1ccc(O)c(C(=O)c2ccc(C(=O)O[C@@H]3CCCNC[C@H]3NC(=O)c3cc(C)c(O)c(C)c3)cc2)c1. The molecular weight excluding hydrogens is 500 g/mol. The highest BCUT2D eigenvalue weighted by atomic mass is 16.5. The van der Waals surface area contributed by atoms with Crippen LogP contribution in [-0.4, -0.2) is 60.2 Å². The standard InChI is InChI=1S/C30H32N2O7/c1-17-13-21(14-18(2)27(17)34)29(36)32-24-16-31-12-4-5-26(24)39-30(37)20-8-6-19(7-9-20)28(35)23-15-22(38-3)10-11-25(23)33/h6-11,13-15,24,26,31,33-34H,4-5,12,16H2,1-3H3,(H,32,36)/t24-,26-/m1/s1. The molecule has 1 fully saturated rings. The van der Waals surface area contributed by atoms with E-state index in [1.54, 1.807) is 32.0 Å². The minimum Gasteiger partial charge on any atom is -0.507 e. The third-order valence-electron chi connectivity index (χ3n) is 6.81. The molecule has 4 N–H and O–H groups in total. The van der Waals surface area contributed by atoms with E-state index in [4.69, 9.17) is 9.47 Å². The van der Waals surface area contributed by atoms with Gasteiger partial charge in [0.05, 0.1) is 24.3 Å². The molecule has 9 heteroatoms. The van der Waals surface area contributed by atoms with E-state index in [1.807, 2.05) is 0 Å². The number of rotatable bonds is 7. The molecule has 4 rings (SSSR count). The van der Waals surface area contributed by atoms with Crippen molar-refractivity contribution in [3.8, 4) is 17.2 Å². The van der Waals surface area contributed by atoms with Crippen LogP contribution in [0.2, 0.25) is 0 Å². The van der Waals surface area contributed by atoms with Gasteiger partial charge in [-0.05, 0) is 86.8 Å². The van der Waals surface area contributed by atoms with Crippen molar-refractivity contribution >= 4 is 17.7 Å². The van der Waals surface area contributed by atoms with Crippen LogP contribution in [0.25, 0.3) is 0 Å². The fourth-order valence-corrected chi connectivity index (χ4v) is 4.58. The predicted octanol–water partition coefficient (Wildman–Crippen LogP) is 3.66. The van der Waals surface area contributed by atoms with Gasteiger partial charge in [-0.25, -0.2) is 4.79 Å². The number of benzene rings is 3. The predicted molar refractivity (Wildman–Crippen MR) is 145 cm³/mol. The molecule has 0 bridgehead atoms. The van der Waals surface area contributed by atoms with Gasteiger partial charge in [-0.2, -0.15) is 0 Å². The van der Waals surface area contributed by atoms with Crippen LogP contribution in [-0.2, 0) is 4.74 Å². The lowest BCUT2D eigenvalue weighted by Crippen LogP contribution is -2.49. The summed E-state index contributed by atoms with van der Waals surface area (Å²) < 4.78 is 11.0. The van der Waals surface area contributed by atoms with Crippen molar-refractivity contribution in [1.82, 2.24) is 10.6 Å². The van der Waals surface area contributed by atoms with E-state index in [0.717, 1.165) is 13.0 Å². The van der Waals surface area contributed by atoms with Crippen molar-refractivity contribution in [3.05, 3.63) is 88.0 Å². The van der Waals surface area contributed by atoms with Crippen molar-refractivity contribution in [2.75, 3.05) is 20.2 Å². The Labute approximate surface area is 226 Å². The number of aryl methyl sites for hydroxylation is 2. The molecule has 0 aromatic heterocycles. The summed E-state index contributed by atoms with van der Waals surface area (Å²) in [5.41, 5.74) is 2.26. The summed E-state index contributed by atoms with van der Waals surface area (Å²) in [6.45, 7) is 4.62. The molecule has 39 heavy (non-hydrogen) atoms. The Morgan fingerprint density at radius 2 is 1.59 bits per heavy atom. The highest BCUT2D eigenvalue weighted by Gasteiger charge is 2.29. The third kappa shape index (κ3) is 6.38. The molecule has 3 aromatic rings. The highest BCUT2D eigenvalue weighted by molar-refractivity contribution is 6.11. The number of nitrogens with one attached hydrogen (secondary N) is 2. The smallest absolute Gasteiger partial charge is 0.338 e. The maximum Gasteiger partial charge on any atom is 0.338 e. The maximum atomic E-state index is 13.0. The molecule has 3 aromatic carbocycles. The van der Waals surface area contributed by atoms with Crippen LogP contribution in [0.4, 0.5) is 0 Å². The molecule has 0 unspecified atom stereocenters. The van der Waals surface area contributed by atoms with Gasteiger partial charge in [-0.15, -0.1) is 0 Å². The van der Waals surface area contributed by atoms with Crippen LogP contribution in [0.3, 0.4) is 0 Å². The first-order valence-corrected chi connectivity index (χ1v) is 12.7. The number of ketones is 1. The topological polar surface area (TPSA) is 134 Å². The number of ether oxygens (including phenoxy) is 2. The fourth-order valence-electron chi connectivity index (χ4n) is 4.58. The largest absolute Gasteiger partial charge is 0.507 e. The number of carbonyl (C=O) groups excluding carboxylic acids is 3. The van der Waals surface area contributed by atoms with E-state index in [-0.39, 0.29) is 28.5 Å². The quantitative estimate of drug-likeness (QED) is 0.268. The van der Waals surface area contributed by atoms with Crippen molar-refractivity contribution in [1.29, 1.82) is 0 Å². The monoisotopic (exact) mass is 532 g/mol. The van der Waals surface area contributed by atoms with Crippen LogP contribution in [0.15, 0.2) is 54.6 Å². The fraction of sp³-hybridized carbons (Fsp3) is 0.300. The first kappa shape index (κ1) is 27.7. The molecule has 204 valence electrons. The summed E-state index contributed by atoms with van der Waals surface area (Å²) in [6, 6.07) is 13.2. The lowest BCUT2D eigenvalue weighted by atomic mass is 10.0. The minimum absolute atomic E-state index is 0.0910. The zero-order valence-corrected chi connectivity index (χ0v) is 22.1. The molecule has 0 radical (unpaired) electrons. The number of esters is 1. The van der Waals surface area contributed by atoms with E-state index < -0.39 is 23.9 Å². The van der Waals surface area contributed by atoms with Gasteiger partial charge in [-0.3, -0.25) is 9.59 Å². The Morgan fingerprint density at radius 3 is 2.26 bits per heavy atom. The second-order valence-corrected chi connectivity index (χ2v) is 9.62. The number of carbonyl (C=O) groups is 3. The molecule has 0 aliphatic carbocycles. The molecule has 1 aliphatic heterocycles. The lowest BCUT2D eigenvalue weighted by Gasteiger charge is -2.26. The molecule has 2 atom stereocenters. The highest BCUT2D eigenvalue weighted by Crippen LogP contribution is 2.26. The first-order valence-electron chi connectivity index (χ1n) is 12.7. The van der Waals surface area contributed by atoms with Crippen molar-refractivity contribution in [2.24, 2.45) is 0 Å². The van der Waals surface area contributed by atoms with Gasteiger partial charge in [0.25, 0.3) is 5.91 Å². The Kier molecular flexibility index (Phi) is 8.51. The maximum absolute atomic E-state index is 13.0. The molecule has 1 aliphatic rings. The zero-order valence-electron chi connectivity index (χ0n) is 22.1. The average molecular weight is 533 g/mol. The third-order valence-corrected chi connectivity index (χ3v) is 6.81. The minimum atomic E-state index is -0.569. The van der Waals surface area contributed by atoms with E-state index in [0.29, 0.717) is 41.0 Å². The Balaban J connectivity index is 1.46. The van der Waals surface area contributed by atoms with E-state index >= 15 is 0 Å². The van der Waals surface area contributed by atoms with Crippen molar-refractivity contribution in [3.63, 3.8) is 0 Å². The van der Waals surface area contributed by atoms with Crippen LogP contribution >= 0.6 is 0 Å². The number of methoxy groups -OCH3 is 1. The van der Waals surface area contributed by atoms with Gasteiger partial charge in [0, 0.05) is 17.7 Å². The molecule has 9 nitrogen and oxygen atoms in total.